The largest absolute Gasteiger partial charge is 0.309 e. The Bertz CT molecular complexity index is 1140. The highest BCUT2D eigenvalue weighted by Crippen LogP contribution is 2.41. The van der Waals surface area contributed by atoms with E-state index in [9.17, 15) is 9.59 Å². The van der Waals surface area contributed by atoms with Gasteiger partial charge in [-0.1, -0.05) is 28.1 Å². The Balaban J connectivity index is 1.85. The summed E-state index contributed by atoms with van der Waals surface area (Å²) >= 11 is 3.53. The van der Waals surface area contributed by atoms with Crippen LogP contribution in [0.5, 0.6) is 0 Å². The predicted molar refractivity (Wildman–Crippen MR) is 115 cm³/mol. The molecule has 6 heteroatoms. The molecule has 0 saturated heterocycles. The minimum absolute atomic E-state index is 0.0521. The fraction of sp³-hybridized carbons (Fsp3) is 0.318. The summed E-state index contributed by atoms with van der Waals surface area (Å²) in [6.07, 6.45) is 0.402. The van der Waals surface area contributed by atoms with Gasteiger partial charge in [-0.15, -0.1) is 0 Å². The zero-order chi connectivity index (χ0) is 20.0. The molecule has 0 unspecified atom stereocenters. The van der Waals surface area contributed by atoms with Crippen LogP contribution < -0.4 is 10.5 Å². The van der Waals surface area contributed by atoms with Gasteiger partial charge in [-0.2, -0.15) is 0 Å². The fourth-order valence-electron chi connectivity index (χ4n) is 4.05. The van der Waals surface area contributed by atoms with E-state index < -0.39 is 0 Å². The molecule has 1 aromatic heterocycles. The van der Waals surface area contributed by atoms with E-state index in [0.29, 0.717) is 29.7 Å². The molecule has 4 rings (SSSR count). The normalized spacial score (nSPS) is 16.2. The summed E-state index contributed by atoms with van der Waals surface area (Å²) in [6.45, 7) is 6.49. The summed E-state index contributed by atoms with van der Waals surface area (Å²) in [7, 11) is 0. The second-order valence-electron chi connectivity index (χ2n) is 7.36. The fourth-order valence-corrected chi connectivity index (χ4v) is 4.43. The lowest BCUT2D eigenvalue weighted by molar-refractivity contribution is -0.119. The SMILES string of the molecule is CCn1c(C[C@@H]2C(=O)N(C(C)C)c3ccc(Br)cc32)nc2ccccc2c1=O. The first-order valence-electron chi connectivity index (χ1n) is 9.53. The standard InChI is InChI=1S/C22H22BrN3O2/c1-4-25-20(24-18-8-6-5-7-15(18)21(25)27)12-17-16-11-14(23)9-10-19(16)26(13(2)3)22(17)28/h5-11,13,17H,4,12H2,1-3H3/t17-/m0/s1. The van der Waals surface area contributed by atoms with Crippen LogP contribution >= 0.6 is 15.9 Å². The lowest BCUT2D eigenvalue weighted by Crippen LogP contribution is -2.36. The van der Waals surface area contributed by atoms with Crippen LogP contribution in [-0.4, -0.2) is 21.5 Å². The van der Waals surface area contributed by atoms with E-state index in [-0.39, 0.29) is 23.4 Å². The number of nitrogens with zero attached hydrogens (tertiary/aromatic N) is 3. The number of rotatable bonds is 4. The van der Waals surface area contributed by atoms with Gasteiger partial charge in [0, 0.05) is 29.2 Å². The molecule has 0 aliphatic carbocycles. The molecular weight excluding hydrogens is 418 g/mol. The first-order chi connectivity index (χ1) is 13.4. The smallest absolute Gasteiger partial charge is 0.261 e. The highest BCUT2D eigenvalue weighted by molar-refractivity contribution is 9.10. The third kappa shape index (κ3) is 2.96. The molecular formula is C22H22BrN3O2. The van der Waals surface area contributed by atoms with Crippen molar-refractivity contribution < 1.29 is 4.79 Å². The van der Waals surface area contributed by atoms with Crippen molar-refractivity contribution >= 4 is 38.4 Å². The molecule has 0 saturated carbocycles. The summed E-state index contributed by atoms with van der Waals surface area (Å²) in [5.41, 5.74) is 2.55. The molecule has 1 amide bonds. The lowest BCUT2D eigenvalue weighted by Gasteiger charge is -2.22. The third-order valence-electron chi connectivity index (χ3n) is 5.32. The third-order valence-corrected chi connectivity index (χ3v) is 5.81. The maximum atomic E-state index is 13.3. The van der Waals surface area contributed by atoms with Gasteiger partial charge in [0.2, 0.25) is 5.91 Å². The Hall–Kier alpha value is -2.47. The van der Waals surface area contributed by atoms with Gasteiger partial charge in [0.15, 0.2) is 0 Å². The number of benzene rings is 2. The van der Waals surface area contributed by atoms with Crippen molar-refractivity contribution in [3.8, 4) is 0 Å². The number of halogens is 1. The number of hydrogen-bond acceptors (Lipinski definition) is 3. The first kappa shape index (κ1) is 18.9. The van der Waals surface area contributed by atoms with E-state index in [1.165, 1.54) is 0 Å². The van der Waals surface area contributed by atoms with E-state index >= 15 is 0 Å². The lowest BCUT2D eigenvalue weighted by atomic mass is 9.96. The van der Waals surface area contributed by atoms with E-state index in [1.807, 2.05) is 62.1 Å². The van der Waals surface area contributed by atoms with Gasteiger partial charge in [0.1, 0.15) is 5.82 Å². The van der Waals surface area contributed by atoms with Crippen molar-refractivity contribution in [3.05, 3.63) is 68.7 Å². The number of para-hydroxylation sites is 1. The molecule has 5 nitrogen and oxygen atoms in total. The number of fused-ring (bicyclic) bond motifs is 2. The van der Waals surface area contributed by atoms with Crippen LogP contribution in [0.25, 0.3) is 10.9 Å². The van der Waals surface area contributed by atoms with Crippen LogP contribution in [0.2, 0.25) is 0 Å². The quantitative estimate of drug-likeness (QED) is 0.609. The number of aromatic nitrogens is 2. The van der Waals surface area contributed by atoms with Crippen molar-refractivity contribution in [1.29, 1.82) is 0 Å². The summed E-state index contributed by atoms with van der Waals surface area (Å²) in [4.78, 5) is 32.8. The van der Waals surface area contributed by atoms with Crippen molar-refractivity contribution in [2.75, 3.05) is 4.90 Å². The van der Waals surface area contributed by atoms with Gasteiger partial charge < -0.3 is 4.90 Å². The van der Waals surface area contributed by atoms with Crippen molar-refractivity contribution in [2.24, 2.45) is 0 Å². The van der Waals surface area contributed by atoms with E-state index in [1.54, 1.807) is 10.6 Å². The van der Waals surface area contributed by atoms with Crippen LogP contribution in [-0.2, 0) is 17.8 Å². The van der Waals surface area contributed by atoms with Crippen LogP contribution in [0.3, 0.4) is 0 Å². The number of carbonyl (C=O) groups is 1. The molecule has 0 N–H and O–H groups in total. The van der Waals surface area contributed by atoms with Gasteiger partial charge >= 0.3 is 0 Å². The number of carbonyl (C=O) groups excluding carboxylic acids is 1. The minimum atomic E-state index is -0.347. The van der Waals surface area contributed by atoms with Crippen LogP contribution in [0.4, 0.5) is 5.69 Å². The molecule has 0 radical (unpaired) electrons. The van der Waals surface area contributed by atoms with Crippen LogP contribution in [0.15, 0.2) is 51.7 Å². The summed E-state index contributed by atoms with van der Waals surface area (Å²) in [5.74, 6) is 0.370. The molecule has 1 aliphatic heterocycles. The van der Waals surface area contributed by atoms with E-state index in [0.717, 1.165) is 15.7 Å². The summed E-state index contributed by atoms with van der Waals surface area (Å²) in [5, 5.41) is 0.609. The van der Waals surface area contributed by atoms with Gasteiger partial charge in [-0.25, -0.2) is 4.98 Å². The van der Waals surface area contributed by atoms with E-state index in [4.69, 9.17) is 4.98 Å². The molecule has 0 fully saturated rings. The summed E-state index contributed by atoms with van der Waals surface area (Å²) in [6, 6.07) is 13.4. The summed E-state index contributed by atoms with van der Waals surface area (Å²) < 4.78 is 2.62. The monoisotopic (exact) mass is 439 g/mol. The van der Waals surface area contributed by atoms with Gasteiger partial charge in [-0.3, -0.25) is 14.2 Å². The number of anilines is 1. The predicted octanol–water partition coefficient (Wildman–Crippen LogP) is 4.26. The Kier molecular flexibility index (Phi) is 4.83. The Morgan fingerprint density at radius 3 is 2.61 bits per heavy atom. The second-order valence-corrected chi connectivity index (χ2v) is 8.27. The topological polar surface area (TPSA) is 55.2 Å². The first-order valence-corrected chi connectivity index (χ1v) is 10.3. The van der Waals surface area contributed by atoms with Crippen LogP contribution in [0, 0.1) is 0 Å². The molecule has 2 heterocycles. The van der Waals surface area contributed by atoms with Crippen molar-refractivity contribution in [1.82, 2.24) is 9.55 Å². The minimum Gasteiger partial charge on any atom is -0.309 e. The van der Waals surface area contributed by atoms with Gasteiger partial charge in [0.25, 0.3) is 5.56 Å². The molecule has 1 atom stereocenters. The average molecular weight is 440 g/mol. The highest BCUT2D eigenvalue weighted by Gasteiger charge is 2.39. The zero-order valence-corrected chi connectivity index (χ0v) is 17.7. The second kappa shape index (κ2) is 7.17. The average Bonchev–Trinajstić information content (AvgIpc) is 2.93. The Morgan fingerprint density at radius 2 is 1.89 bits per heavy atom. The molecule has 2 aromatic carbocycles. The van der Waals surface area contributed by atoms with Gasteiger partial charge in [0.05, 0.1) is 16.8 Å². The molecule has 0 bridgehead atoms. The maximum Gasteiger partial charge on any atom is 0.261 e. The maximum absolute atomic E-state index is 13.3. The molecule has 28 heavy (non-hydrogen) atoms. The van der Waals surface area contributed by atoms with Crippen molar-refractivity contribution in [2.45, 2.75) is 45.7 Å². The Morgan fingerprint density at radius 1 is 1.14 bits per heavy atom. The number of amides is 1. The van der Waals surface area contributed by atoms with E-state index in [2.05, 4.69) is 15.9 Å². The highest BCUT2D eigenvalue weighted by atomic mass is 79.9. The van der Waals surface area contributed by atoms with Crippen molar-refractivity contribution in [3.63, 3.8) is 0 Å². The molecule has 0 spiro atoms. The molecule has 3 aromatic rings. The molecule has 144 valence electrons. The molecule has 1 aliphatic rings. The van der Waals surface area contributed by atoms with Gasteiger partial charge in [-0.05, 0) is 56.7 Å². The zero-order valence-electron chi connectivity index (χ0n) is 16.1. The van der Waals surface area contributed by atoms with Crippen LogP contribution in [0.1, 0.15) is 38.1 Å². The number of hydrogen-bond donors (Lipinski definition) is 0. The Labute approximate surface area is 172 Å².